The maximum absolute atomic E-state index is 5.96. The molecule has 0 saturated carbocycles. The van der Waals surface area contributed by atoms with Gasteiger partial charge in [-0.3, -0.25) is 0 Å². The van der Waals surface area contributed by atoms with Crippen LogP contribution in [0.5, 0.6) is 0 Å². The zero-order valence-corrected chi connectivity index (χ0v) is 11.4. The maximum Gasteiger partial charge on any atom is 0.437 e. The van der Waals surface area contributed by atoms with Gasteiger partial charge in [0.15, 0.2) is 0 Å². The van der Waals surface area contributed by atoms with Gasteiger partial charge in [-0.2, -0.15) is 0 Å². The van der Waals surface area contributed by atoms with Crippen molar-refractivity contribution in [3.63, 3.8) is 0 Å². The van der Waals surface area contributed by atoms with Crippen LogP contribution in [-0.2, 0) is 4.43 Å². The van der Waals surface area contributed by atoms with E-state index in [2.05, 4.69) is 34.4 Å². The summed E-state index contributed by atoms with van der Waals surface area (Å²) in [5.74, 6) is 8.65. The Morgan fingerprint density at radius 1 is 0.800 bits per heavy atom. The summed E-state index contributed by atoms with van der Waals surface area (Å²) >= 11 is 0. The van der Waals surface area contributed by atoms with Gasteiger partial charge in [-0.1, -0.05) is 16.6 Å². The highest BCUT2D eigenvalue weighted by Gasteiger charge is 2.35. The standard InChI is InChI=1S/C13H18OSi/c1-7-10-15(11-8-2,12-9-3)14-13(4,5)6/h1-6H3. The van der Waals surface area contributed by atoms with Crippen molar-refractivity contribution >= 4 is 8.32 Å². The normalized spacial score (nSPS) is 10.0. The fraction of sp³-hybridized carbons (Fsp3) is 0.538. The number of hydrogen-bond acceptors (Lipinski definition) is 1. The molecule has 0 aromatic heterocycles. The zero-order valence-electron chi connectivity index (χ0n) is 10.4. The molecular formula is C13H18OSi. The van der Waals surface area contributed by atoms with Gasteiger partial charge < -0.3 is 4.43 Å². The van der Waals surface area contributed by atoms with Crippen LogP contribution in [0.4, 0.5) is 0 Å². The molecule has 0 saturated heterocycles. The molecule has 0 fully saturated rings. The topological polar surface area (TPSA) is 9.23 Å². The van der Waals surface area contributed by atoms with Gasteiger partial charge in [0, 0.05) is 0 Å². The van der Waals surface area contributed by atoms with E-state index in [1.165, 1.54) is 0 Å². The highest BCUT2D eigenvalue weighted by atomic mass is 28.4. The van der Waals surface area contributed by atoms with Gasteiger partial charge in [-0.15, -0.1) is 17.8 Å². The lowest BCUT2D eigenvalue weighted by Crippen LogP contribution is -2.42. The molecule has 80 valence electrons. The smallest absolute Gasteiger partial charge is 0.383 e. The first-order chi connectivity index (χ1) is 6.89. The predicted octanol–water partition coefficient (Wildman–Crippen LogP) is 2.43. The molecule has 0 atom stereocenters. The second-order valence-electron chi connectivity index (χ2n) is 4.02. The second kappa shape index (κ2) is 5.67. The lowest BCUT2D eigenvalue weighted by molar-refractivity contribution is 0.131. The Bertz CT molecular complexity index is 332. The Morgan fingerprint density at radius 3 is 1.33 bits per heavy atom. The van der Waals surface area contributed by atoms with E-state index in [-0.39, 0.29) is 5.60 Å². The van der Waals surface area contributed by atoms with Gasteiger partial charge in [0.2, 0.25) is 0 Å². The molecule has 0 aliphatic carbocycles. The van der Waals surface area contributed by atoms with E-state index in [0.29, 0.717) is 0 Å². The van der Waals surface area contributed by atoms with E-state index in [4.69, 9.17) is 4.43 Å². The van der Waals surface area contributed by atoms with Crippen LogP contribution in [0.15, 0.2) is 0 Å². The average Bonchev–Trinajstić information content (AvgIpc) is 2.01. The average molecular weight is 218 g/mol. The van der Waals surface area contributed by atoms with Crippen molar-refractivity contribution in [1.82, 2.24) is 0 Å². The first-order valence-corrected chi connectivity index (χ1v) is 6.82. The second-order valence-corrected chi connectivity index (χ2v) is 6.34. The van der Waals surface area contributed by atoms with Crippen LogP contribution < -0.4 is 0 Å². The number of hydrogen-bond donors (Lipinski definition) is 0. The summed E-state index contributed by atoms with van der Waals surface area (Å²) in [6.07, 6.45) is 0. The minimum Gasteiger partial charge on any atom is -0.383 e. The van der Waals surface area contributed by atoms with Crippen LogP contribution in [0.1, 0.15) is 41.5 Å². The molecule has 0 aromatic carbocycles. The highest BCUT2D eigenvalue weighted by molar-refractivity contribution is 6.95. The quantitative estimate of drug-likeness (QED) is 0.485. The van der Waals surface area contributed by atoms with Gasteiger partial charge in [-0.05, 0) is 41.5 Å². The third kappa shape index (κ3) is 5.33. The van der Waals surface area contributed by atoms with Crippen molar-refractivity contribution < 1.29 is 4.43 Å². The molecule has 15 heavy (non-hydrogen) atoms. The van der Waals surface area contributed by atoms with Gasteiger partial charge in [0.25, 0.3) is 0 Å². The molecule has 0 rings (SSSR count). The minimum atomic E-state index is -2.51. The van der Waals surface area contributed by atoms with Crippen molar-refractivity contribution in [3.8, 4) is 34.4 Å². The highest BCUT2D eigenvalue weighted by Crippen LogP contribution is 2.15. The lowest BCUT2D eigenvalue weighted by Gasteiger charge is -2.26. The molecule has 0 radical (unpaired) electrons. The van der Waals surface area contributed by atoms with Gasteiger partial charge in [0.1, 0.15) is 0 Å². The van der Waals surface area contributed by atoms with Crippen LogP contribution >= 0.6 is 0 Å². The van der Waals surface area contributed by atoms with Crippen LogP contribution in [0.25, 0.3) is 0 Å². The van der Waals surface area contributed by atoms with E-state index in [1.807, 2.05) is 20.8 Å². The Kier molecular flexibility index (Phi) is 5.24. The molecule has 0 aromatic rings. The van der Waals surface area contributed by atoms with E-state index in [9.17, 15) is 0 Å². The fourth-order valence-corrected chi connectivity index (χ4v) is 3.47. The molecule has 1 nitrogen and oxygen atoms in total. The molecule has 0 bridgehead atoms. The van der Waals surface area contributed by atoms with E-state index in [1.54, 1.807) is 20.8 Å². The Balaban J connectivity index is 5.33. The maximum atomic E-state index is 5.96. The molecule has 0 aliphatic heterocycles. The lowest BCUT2D eigenvalue weighted by atomic mass is 10.2. The Hall–Kier alpha value is -1.14. The summed E-state index contributed by atoms with van der Waals surface area (Å²) in [6, 6.07) is 0. The van der Waals surface area contributed by atoms with Gasteiger partial charge in [-0.25, -0.2) is 0 Å². The largest absolute Gasteiger partial charge is 0.437 e. The number of rotatable bonds is 1. The third-order valence-corrected chi connectivity index (χ3v) is 4.09. The van der Waals surface area contributed by atoms with Crippen molar-refractivity contribution in [2.24, 2.45) is 0 Å². The molecule has 2 heteroatoms. The SMILES string of the molecule is CC#C[Si](C#CC)(C#CC)OC(C)(C)C. The molecule has 0 heterocycles. The molecule has 0 N–H and O–H groups in total. The van der Waals surface area contributed by atoms with Crippen LogP contribution in [0.3, 0.4) is 0 Å². The van der Waals surface area contributed by atoms with E-state index >= 15 is 0 Å². The van der Waals surface area contributed by atoms with Crippen molar-refractivity contribution in [2.75, 3.05) is 0 Å². The molecular weight excluding hydrogens is 200 g/mol. The summed E-state index contributed by atoms with van der Waals surface area (Å²) in [4.78, 5) is 0. The van der Waals surface area contributed by atoms with Crippen molar-refractivity contribution in [3.05, 3.63) is 0 Å². The summed E-state index contributed by atoms with van der Waals surface area (Å²) in [7, 11) is -2.51. The predicted molar refractivity (Wildman–Crippen MR) is 66.9 cm³/mol. The molecule has 0 spiro atoms. The fourth-order valence-electron chi connectivity index (χ4n) is 1.16. The van der Waals surface area contributed by atoms with E-state index < -0.39 is 8.32 Å². The molecule has 0 amide bonds. The van der Waals surface area contributed by atoms with Crippen LogP contribution in [0, 0.1) is 34.4 Å². The summed E-state index contributed by atoms with van der Waals surface area (Å²) < 4.78 is 5.96. The first-order valence-electron chi connectivity index (χ1n) is 4.91. The Morgan fingerprint density at radius 2 is 1.13 bits per heavy atom. The molecule has 0 aliphatic rings. The van der Waals surface area contributed by atoms with Crippen LogP contribution in [-0.4, -0.2) is 13.9 Å². The Labute approximate surface area is 94.7 Å². The molecule has 0 unspecified atom stereocenters. The van der Waals surface area contributed by atoms with Gasteiger partial charge in [0.05, 0.1) is 5.60 Å². The van der Waals surface area contributed by atoms with E-state index in [0.717, 1.165) is 0 Å². The summed E-state index contributed by atoms with van der Waals surface area (Å²) in [5.41, 5.74) is 8.96. The first kappa shape index (κ1) is 13.9. The van der Waals surface area contributed by atoms with Crippen molar-refractivity contribution in [2.45, 2.75) is 47.1 Å². The van der Waals surface area contributed by atoms with Crippen molar-refractivity contribution in [1.29, 1.82) is 0 Å². The minimum absolute atomic E-state index is 0.260. The summed E-state index contributed by atoms with van der Waals surface area (Å²) in [6.45, 7) is 11.4. The summed E-state index contributed by atoms with van der Waals surface area (Å²) in [5, 5.41) is 0. The van der Waals surface area contributed by atoms with Crippen LogP contribution in [0.2, 0.25) is 0 Å². The monoisotopic (exact) mass is 218 g/mol. The van der Waals surface area contributed by atoms with Gasteiger partial charge >= 0.3 is 8.32 Å². The third-order valence-electron chi connectivity index (χ3n) is 1.36. The zero-order chi connectivity index (χ0) is 11.9.